The van der Waals surface area contributed by atoms with Gasteiger partial charge in [0.25, 0.3) is 5.56 Å². The van der Waals surface area contributed by atoms with E-state index >= 15 is 0 Å². The molecule has 0 bridgehead atoms. The Morgan fingerprint density at radius 2 is 1.61 bits per heavy atom. The molecule has 0 spiro atoms. The molecule has 0 saturated heterocycles. The van der Waals surface area contributed by atoms with Crippen LogP contribution >= 0.6 is 8.46 Å². The van der Waals surface area contributed by atoms with Crippen molar-refractivity contribution in [3.8, 4) is 0 Å². The Hall–Kier alpha value is -1.35. The Labute approximate surface area is 202 Å². The van der Waals surface area contributed by atoms with Gasteiger partial charge in [0, 0.05) is 12.3 Å². The van der Waals surface area contributed by atoms with E-state index < -0.39 is 25.0 Å². The minimum absolute atomic E-state index is 0.446. The standard InChI is InChI=1S/C16H32.C11H17N2O3P/c1-2-3-4-5-6-7-8-9-10-11-13-16-14-12-15-16;1-3-6-11(17-16,7-4-2)13-8-5-9(14)12-10(13)15/h16H,2-15H2,1H3;3,5-6,8H,4,7,17H2,1-2H3,(H,12,14,15). The van der Waals surface area contributed by atoms with Crippen molar-refractivity contribution in [3.05, 3.63) is 45.3 Å². The summed E-state index contributed by atoms with van der Waals surface area (Å²) in [5.74, 6) is 1.13. The van der Waals surface area contributed by atoms with Crippen molar-refractivity contribution in [2.45, 2.75) is 129 Å². The summed E-state index contributed by atoms with van der Waals surface area (Å²) in [5.41, 5.74) is -0.967. The smallest absolute Gasteiger partial charge is 0.327 e. The number of aromatic nitrogens is 2. The molecule has 1 aliphatic carbocycles. The topological polar surface area (TPSA) is 71.9 Å². The molecule has 1 N–H and O–H groups in total. The Morgan fingerprint density at radius 3 is 2.06 bits per heavy atom. The van der Waals surface area contributed by atoms with Gasteiger partial charge in [-0.15, -0.1) is 0 Å². The quantitative estimate of drug-likeness (QED) is 0.152. The lowest BCUT2D eigenvalue weighted by atomic mass is 9.81. The van der Waals surface area contributed by atoms with Crippen LogP contribution in [0.15, 0.2) is 34.0 Å². The maximum absolute atomic E-state index is 11.7. The summed E-state index contributed by atoms with van der Waals surface area (Å²) >= 11 is 0. The first kappa shape index (κ1) is 29.7. The van der Waals surface area contributed by atoms with E-state index in [0.29, 0.717) is 6.42 Å². The van der Waals surface area contributed by atoms with Gasteiger partial charge in [0.15, 0.2) is 0 Å². The Kier molecular flexibility index (Phi) is 16.2. The highest BCUT2D eigenvalue weighted by Crippen LogP contribution is 2.34. The van der Waals surface area contributed by atoms with E-state index in [1.807, 2.05) is 13.8 Å². The number of allylic oxidation sites excluding steroid dienone is 2. The minimum atomic E-state index is -1.21. The molecule has 0 radical (unpaired) electrons. The summed E-state index contributed by atoms with van der Waals surface area (Å²) < 4.78 is 12.9. The number of nitrogens with one attached hydrogen (secondary N) is 1. The van der Waals surface area contributed by atoms with Gasteiger partial charge in [-0.3, -0.25) is 14.3 Å². The molecule has 0 aromatic carbocycles. The average molecular weight is 481 g/mol. The van der Waals surface area contributed by atoms with Crippen LogP contribution in [0, 0.1) is 5.92 Å². The number of hydrogen-bond acceptors (Lipinski definition) is 3. The molecule has 2 rings (SSSR count). The molecule has 5 nitrogen and oxygen atoms in total. The first-order valence-electron chi connectivity index (χ1n) is 13.5. The number of H-pyrrole nitrogens is 1. The highest BCUT2D eigenvalue weighted by molar-refractivity contribution is 7.25. The second-order valence-corrected chi connectivity index (χ2v) is 10.8. The third kappa shape index (κ3) is 11.6. The van der Waals surface area contributed by atoms with E-state index in [1.54, 1.807) is 12.2 Å². The zero-order valence-electron chi connectivity index (χ0n) is 21.4. The van der Waals surface area contributed by atoms with Gasteiger partial charge in [-0.05, 0) is 19.3 Å². The van der Waals surface area contributed by atoms with Crippen molar-refractivity contribution in [1.82, 2.24) is 9.55 Å². The SMILES string of the molecule is CC=CC(CCC)([PH2]=O)n1ccc(=O)[nH]c1=O.CCCCCCCCCCCCC1CCC1. The zero-order valence-corrected chi connectivity index (χ0v) is 22.6. The van der Waals surface area contributed by atoms with E-state index in [-0.39, 0.29) is 0 Å². The lowest BCUT2D eigenvalue weighted by Gasteiger charge is -2.26. The van der Waals surface area contributed by atoms with E-state index in [1.165, 1.54) is 107 Å². The first-order valence-corrected chi connectivity index (χ1v) is 14.5. The number of rotatable bonds is 16. The normalized spacial score (nSPS) is 16.0. The molecule has 1 aliphatic rings. The van der Waals surface area contributed by atoms with Crippen molar-refractivity contribution >= 4 is 8.46 Å². The van der Waals surface area contributed by atoms with E-state index in [2.05, 4.69) is 11.9 Å². The summed E-state index contributed by atoms with van der Waals surface area (Å²) in [6.45, 7) is 6.07. The third-order valence-corrected chi connectivity index (χ3v) is 7.94. The average Bonchev–Trinajstić information content (AvgIpc) is 2.76. The van der Waals surface area contributed by atoms with Crippen LogP contribution in [0.1, 0.15) is 124 Å². The largest absolute Gasteiger partial charge is 0.329 e. The van der Waals surface area contributed by atoms with E-state index in [4.69, 9.17) is 0 Å². The van der Waals surface area contributed by atoms with Gasteiger partial charge in [0.1, 0.15) is 5.28 Å². The highest BCUT2D eigenvalue weighted by Gasteiger charge is 2.27. The zero-order chi connectivity index (χ0) is 24.4. The fourth-order valence-corrected chi connectivity index (χ4v) is 5.57. The Balaban J connectivity index is 0.000000331. The van der Waals surface area contributed by atoms with Gasteiger partial charge in [0.05, 0.1) is 8.46 Å². The fraction of sp³-hybridized carbons (Fsp3) is 0.778. The molecule has 1 fully saturated rings. The molecule has 2 unspecified atom stereocenters. The van der Waals surface area contributed by atoms with Gasteiger partial charge in [-0.1, -0.05) is 122 Å². The minimum Gasteiger partial charge on any atom is -0.327 e. The molecule has 0 amide bonds. The summed E-state index contributed by atoms with van der Waals surface area (Å²) in [4.78, 5) is 24.9. The lowest BCUT2D eigenvalue weighted by molar-refractivity contribution is 0.286. The molecule has 1 aromatic heterocycles. The number of nitrogens with zero attached hydrogens (tertiary/aromatic N) is 1. The molecule has 1 saturated carbocycles. The van der Waals surface area contributed by atoms with Crippen LogP contribution in [0.4, 0.5) is 0 Å². The maximum atomic E-state index is 11.7. The number of aromatic amines is 1. The lowest BCUT2D eigenvalue weighted by Crippen LogP contribution is -2.39. The van der Waals surface area contributed by atoms with Crippen molar-refractivity contribution in [2.24, 2.45) is 5.92 Å². The van der Waals surface area contributed by atoms with Gasteiger partial charge in [-0.2, -0.15) is 0 Å². The first-order chi connectivity index (χ1) is 16.0. The van der Waals surface area contributed by atoms with E-state index in [9.17, 15) is 14.2 Å². The summed E-state index contributed by atoms with van der Waals surface area (Å²) in [7, 11) is -1.21. The van der Waals surface area contributed by atoms with Crippen LogP contribution in [-0.4, -0.2) is 9.55 Å². The number of unbranched alkanes of at least 4 members (excludes halogenated alkanes) is 9. The summed E-state index contributed by atoms with van der Waals surface area (Å²) in [6.07, 6.45) is 27.2. The predicted molar refractivity (Wildman–Crippen MR) is 143 cm³/mol. The molecule has 1 aromatic rings. The Bertz CT molecular complexity index is 782. The maximum Gasteiger partial charge on any atom is 0.329 e. The fourth-order valence-electron chi connectivity index (χ4n) is 4.58. The second-order valence-electron chi connectivity index (χ2n) is 9.61. The van der Waals surface area contributed by atoms with Crippen molar-refractivity contribution in [3.63, 3.8) is 0 Å². The molecule has 1 heterocycles. The van der Waals surface area contributed by atoms with Crippen molar-refractivity contribution < 1.29 is 4.57 Å². The highest BCUT2D eigenvalue weighted by atomic mass is 31.1. The van der Waals surface area contributed by atoms with Crippen LogP contribution < -0.4 is 11.2 Å². The molecule has 2 atom stereocenters. The molecule has 0 aliphatic heterocycles. The summed E-state index contributed by atoms with van der Waals surface area (Å²) in [6, 6.07) is 1.27. The van der Waals surface area contributed by atoms with Crippen LogP contribution in [0.2, 0.25) is 0 Å². The monoisotopic (exact) mass is 480 g/mol. The molecular weight excluding hydrogens is 431 g/mol. The molecule has 33 heavy (non-hydrogen) atoms. The number of hydrogen-bond donors (Lipinski definition) is 1. The predicted octanol–water partition coefficient (Wildman–Crippen LogP) is 7.42. The second kappa shape index (κ2) is 18.0. The Morgan fingerprint density at radius 1 is 1.00 bits per heavy atom. The van der Waals surface area contributed by atoms with Gasteiger partial charge >= 0.3 is 5.69 Å². The van der Waals surface area contributed by atoms with Crippen molar-refractivity contribution in [2.75, 3.05) is 0 Å². The summed E-state index contributed by atoms with van der Waals surface area (Å²) in [5, 5.41) is -0.801. The molecule has 190 valence electrons. The van der Waals surface area contributed by atoms with E-state index in [0.717, 1.165) is 12.3 Å². The van der Waals surface area contributed by atoms with Crippen LogP contribution in [0.25, 0.3) is 0 Å². The third-order valence-electron chi connectivity index (χ3n) is 6.77. The van der Waals surface area contributed by atoms with Gasteiger partial charge in [0.2, 0.25) is 0 Å². The molecular formula is C27H49N2O3P. The molecule has 6 heteroatoms. The van der Waals surface area contributed by atoms with Crippen molar-refractivity contribution in [1.29, 1.82) is 0 Å². The van der Waals surface area contributed by atoms with Crippen LogP contribution in [0.3, 0.4) is 0 Å². The van der Waals surface area contributed by atoms with Crippen LogP contribution in [-0.2, 0) is 9.85 Å². The van der Waals surface area contributed by atoms with Crippen LogP contribution in [0.5, 0.6) is 0 Å². The van der Waals surface area contributed by atoms with Gasteiger partial charge < -0.3 is 4.57 Å². The van der Waals surface area contributed by atoms with Gasteiger partial charge in [-0.25, -0.2) is 4.79 Å².